The summed E-state index contributed by atoms with van der Waals surface area (Å²) < 4.78 is 3.44. The van der Waals surface area contributed by atoms with Crippen molar-refractivity contribution in [1.29, 1.82) is 0 Å². The van der Waals surface area contributed by atoms with E-state index >= 15 is 0 Å². The van der Waals surface area contributed by atoms with Crippen LogP contribution in [0, 0.1) is 0 Å². The Morgan fingerprint density at radius 3 is 2.15 bits per heavy atom. The van der Waals surface area contributed by atoms with Crippen LogP contribution in [-0.4, -0.2) is 43.0 Å². The van der Waals surface area contributed by atoms with Gasteiger partial charge in [-0.05, 0) is 24.3 Å². The second-order valence-electron chi connectivity index (χ2n) is 5.80. The first-order valence-corrected chi connectivity index (χ1v) is 8.07. The van der Waals surface area contributed by atoms with E-state index in [1.54, 1.807) is 34.2 Å². The maximum Gasteiger partial charge on any atom is 0.273 e. The molecule has 1 aliphatic rings. The summed E-state index contributed by atoms with van der Waals surface area (Å²) in [5, 5.41) is 8.34. The molecule has 0 aromatic carbocycles. The van der Waals surface area contributed by atoms with Gasteiger partial charge in [-0.15, -0.1) is 4.68 Å². The van der Waals surface area contributed by atoms with Crippen molar-refractivity contribution in [2.75, 3.05) is 12.8 Å². The van der Waals surface area contributed by atoms with Gasteiger partial charge in [-0.25, -0.2) is 0 Å². The number of hydrogen-bond donors (Lipinski definition) is 2. The van der Waals surface area contributed by atoms with E-state index < -0.39 is 0 Å². The van der Waals surface area contributed by atoms with Crippen molar-refractivity contribution in [3.63, 3.8) is 0 Å². The average Bonchev–Trinajstić information content (AvgIpc) is 3.18. The van der Waals surface area contributed by atoms with E-state index in [0.29, 0.717) is 12.2 Å². The molecule has 4 heterocycles. The van der Waals surface area contributed by atoms with Crippen LogP contribution in [0.1, 0.15) is 12.0 Å². The van der Waals surface area contributed by atoms with Crippen molar-refractivity contribution in [3.05, 3.63) is 60.7 Å². The molecule has 1 aliphatic heterocycles. The molecule has 26 heavy (non-hydrogen) atoms. The summed E-state index contributed by atoms with van der Waals surface area (Å²) in [4.78, 5) is 8.06. The zero-order chi connectivity index (χ0) is 18.5. The number of anilines is 1. The molecular weight excluding hydrogens is 328 g/mol. The molecule has 0 unspecified atom stereocenters. The number of nitrogen functional groups attached to an aromatic ring is 1. The summed E-state index contributed by atoms with van der Waals surface area (Å²) in [6, 6.07) is 9.57. The van der Waals surface area contributed by atoms with Gasteiger partial charge in [0, 0.05) is 49.0 Å². The van der Waals surface area contributed by atoms with Crippen LogP contribution < -0.4 is 11.5 Å². The number of nitrogens with zero attached hydrogens (tertiary/aromatic N) is 6. The summed E-state index contributed by atoms with van der Waals surface area (Å²) in [6.45, 7) is 0. The Morgan fingerprint density at radius 2 is 1.69 bits per heavy atom. The fraction of sp³-hybridized carbons (Fsp3) is 0.167. The largest absolute Gasteiger partial charge is 0.382 e. The number of amidine groups is 1. The Kier molecular flexibility index (Phi) is 5.02. The van der Waals surface area contributed by atoms with Gasteiger partial charge in [0.25, 0.3) is 5.84 Å². The fourth-order valence-corrected chi connectivity index (χ4v) is 2.53. The van der Waals surface area contributed by atoms with E-state index in [-0.39, 0.29) is 0 Å². The molecule has 4 rings (SSSR count). The van der Waals surface area contributed by atoms with Crippen molar-refractivity contribution in [3.8, 4) is 11.3 Å². The Hall–Kier alpha value is -3.55. The lowest BCUT2D eigenvalue weighted by molar-refractivity contribution is -0.500. The van der Waals surface area contributed by atoms with E-state index in [9.17, 15) is 0 Å². The maximum absolute atomic E-state index is 5.71. The predicted molar refractivity (Wildman–Crippen MR) is 102 cm³/mol. The smallest absolute Gasteiger partial charge is 0.273 e. The fourth-order valence-electron chi connectivity index (χ4n) is 2.53. The first-order chi connectivity index (χ1) is 12.5. The van der Waals surface area contributed by atoms with E-state index in [0.717, 1.165) is 28.4 Å². The third kappa shape index (κ3) is 3.92. The average molecular weight is 349 g/mol. The minimum Gasteiger partial charge on any atom is -0.382 e. The van der Waals surface area contributed by atoms with E-state index in [1.165, 1.54) is 0 Å². The van der Waals surface area contributed by atoms with Gasteiger partial charge in [0.1, 0.15) is 18.6 Å². The lowest BCUT2D eigenvalue weighted by atomic mass is 10.1. The summed E-state index contributed by atoms with van der Waals surface area (Å²) in [6.07, 6.45) is 7.78. The molecule has 4 N–H and O–H groups in total. The van der Waals surface area contributed by atoms with Crippen LogP contribution in [-0.2, 0) is 7.05 Å². The van der Waals surface area contributed by atoms with Crippen molar-refractivity contribution in [2.45, 2.75) is 6.42 Å². The zero-order valence-electron chi connectivity index (χ0n) is 14.7. The van der Waals surface area contributed by atoms with E-state index in [2.05, 4.69) is 20.2 Å². The van der Waals surface area contributed by atoms with Crippen LogP contribution in [0.15, 0.2) is 60.2 Å². The molecular formula is C18H21N8+. The summed E-state index contributed by atoms with van der Waals surface area (Å²) in [5.74, 6) is 1.31. The maximum atomic E-state index is 5.71. The molecule has 0 radical (unpaired) electrons. The molecule has 0 amide bonds. The molecule has 0 bridgehead atoms. The molecule has 132 valence electrons. The quantitative estimate of drug-likeness (QED) is 0.677. The van der Waals surface area contributed by atoms with Gasteiger partial charge in [-0.2, -0.15) is 5.10 Å². The number of rotatable bonds is 2. The minimum absolute atomic E-state index is 0.529. The van der Waals surface area contributed by atoms with Gasteiger partial charge in [-0.1, -0.05) is 5.10 Å². The normalized spacial score (nSPS) is 13.2. The van der Waals surface area contributed by atoms with Gasteiger partial charge < -0.3 is 5.73 Å². The molecule has 0 saturated carbocycles. The van der Waals surface area contributed by atoms with Gasteiger partial charge in [0.05, 0.1) is 12.1 Å². The summed E-state index contributed by atoms with van der Waals surface area (Å²) >= 11 is 0. The molecule has 0 spiro atoms. The first kappa shape index (κ1) is 17.3. The first-order valence-electron chi connectivity index (χ1n) is 8.07. The van der Waals surface area contributed by atoms with E-state index in [4.69, 9.17) is 11.5 Å². The molecule has 0 saturated heterocycles. The van der Waals surface area contributed by atoms with Gasteiger partial charge in [-0.3, -0.25) is 20.4 Å². The molecule has 3 aromatic rings. The minimum atomic E-state index is 0.529. The third-order valence-electron chi connectivity index (χ3n) is 3.89. The summed E-state index contributed by atoms with van der Waals surface area (Å²) in [7, 11) is 3.71. The molecule has 0 aliphatic carbocycles. The van der Waals surface area contributed by atoms with Crippen molar-refractivity contribution in [2.24, 2.45) is 17.9 Å². The Bertz CT molecular complexity index is 942. The van der Waals surface area contributed by atoms with E-state index in [1.807, 2.05) is 44.4 Å². The number of pyridine rings is 2. The van der Waals surface area contributed by atoms with Crippen LogP contribution in [0.3, 0.4) is 0 Å². The number of aromatic nitrogens is 4. The van der Waals surface area contributed by atoms with Gasteiger partial charge in [0.2, 0.25) is 0 Å². The molecule has 0 fully saturated rings. The molecule has 8 nitrogen and oxygen atoms in total. The van der Waals surface area contributed by atoms with Crippen LogP contribution in [0.2, 0.25) is 0 Å². The Balaban J connectivity index is 0.000000151. The van der Waals surface area contributed by atoms with Gasteiger partial charge >= 0.3 is 0 Å². The SMILES string of the molecule is C[N+]1=C(N)CC(c2cccnc2)=N1.Cn1nc(N)cc1-c1cccnc1. The second kappa shape index (κ2) is 7.56. The number of nitrogens with two attached hydrogens (primary N) is 2. The van der Waals surface area contributed by atoms with Crippen LogP contribution >= 0.6 is 0 Å². The highest BCUT2D eigenvalue weighted by atomic mass is 15.4. The monoisotopic (exact) mass is 349 g/mol. The van der Waals surface area contributed by atoms with Gasteiger partial charge in [0.15, 0.2) is 0 Å². The predicted octanol–water partition coefficient (Wildman–Crippen LogP) is 1.25. The molecule has 0 atom stereocenters. The van der Waals surface area contributed by atoms with Crippen LogP contribution in [0.25, 0.3) is 11.3 Å². The number of hydrazone groups is 1. The highest BCUT2D eigenvalue weighted by molar-refractivity contribution is 6.11. The highest BCUT2D eigenvalue weighted by Gasteiger charge is 2.19. The molecule has 8 heteroatoms. The lowest BCUT2D eigenvalue weighted by Gasteiger charge is -1.98. The van der Waals surface area contributed by atoms with Crippen molar-refractivity contribution in [1.82, 2.24) is 19.7 Å². The second-order valence-corrected chi connectivity index (χ2v) is 5.80. The topological polar surface area (TPSA) is 111 Å². The standard InChI is InChI=1S/2C9H10N4/c1-13-8(5-9(10)12-13)7-3-2-4-11-6-7;1-13-9(10)5-8(12-13)7-3-2-4-11-6-7/h2-6H,1H3,(H2,10,12);2-4,6,10H,5H2,1H3/p+1. The number of aryl methyl sites for hydroxylation is 1. The third-order valence-corrected chi connectivity index (χ3v) is 3.89. The summed E-state index contributed by atoms with van der Waals surface area (Å²) in [5.41, 5.74) is 15.3. The highest BCUT2D eigenvalue weighted by Crippen LogP contribution is 2.18. The molecule has 3 aromatic heterocycles. The Morgan fingerprint density at radius 1 is 1.04 bits per heavy atom. The number of hydrogen-bond acceptors (Lipinski definition) is 6. The lowest BCUT2D eigenvalue weighted by Crippen LogP contribution is -2.18. The Labute approximate surface area is 151 Å². The van der Waals surface area contributed by atoms with Crippen molar-refractivity contribution >= 4 is 17.4 Å². The van der Waals surface area contributed by atoms with Crippen LogP contribution in [0.4, 0.5) is 5.82 Å². The van der Waals surface area contributed by atoms with Crippen LogP contribution in [0.5, 0.6) is 0 Å². The zero-order valence-corrected chi connectivity index (χ0v) is 14.7. The van der Waals surface area contributed by atoms with Crippen molar-refractivity contribution < 1.29 is 4.68 Å².